The lowest BCUT2D eigenvalue weighted by Crippen LogP contribution is -2.10. The first-order chi connectivity index (χ1) is 13.4. The zero-order chi connectivity index (χ0) is 20.9. The molecule has 154 valence electrons. The van der Waals surface area contributed by atoms with Crippen LogP contribution in [0.5, 0.6) is 11.5 Å². The molecule has 0 radical (unpaired) electrons. The molecule has 0 aliphatic heterocycles. The van der Waals surface area contributed by atoms with Gasteiger partial charge < -0.3 is 14.2 Å². The van der Waals surface area contributed by atoms with Gasteiger partial charge in [0.25, 0.3) is 0 Å². The minimum Gasteiger partial charge on any atom is -0.497 e. The molecule has 0 aromatic heterocycles. The highest BCUT2D eigenvalue weighted by atomic mass is 16.5. The molecule has 0 spiro atoms. The van der Waals surface area contributed by atoms with Crippen LogP contribution in [0.25, 0.3) is 6.08 Å². The summed E-state index contributed by atoms with van der Waals surface area (Å²) in [7, 11) is 3.13. The predicted molar refractivity (Wildman–Crippen MR) is 116 cm³/mol. The summed E-state index contributed by atoms with van der Waals surface area (Å²) in [6, 6.07) is 3.53. The van der Waals surface area contributed by atoms with E-state index in [9.17, 15) is 4.79 Å². The van der Waals surface area contributed by atoms with Gasteiger partial charge in [-0.3, -0.25) is 0 Å². The van der Waals surface area contributed by atoms with Gasteiger partial charge >= 0.3 is 5.97 Å². The van der Waals surface area contributed by atoms with Crippen molar-refractivity contribution in [3.63, 3.8) is 0 Å². The molecule has 0 fully saturated rings. The Hall–Kier alpha value is -2.49. The van der Waals surface area contributed by atoms with Crippen molar-refractivity contribution in [1.82, 2.24) is 0 Å². The third kappa shape index (κ3) is 8.03. The molecule has 0 aliphatic carbocycles. The minimum atomic E-state index is -0.405. The van der Waals surface area contributed by atoms with Crippen LogP contribution in [0.15, 0.2) is 42.5 Å². The summed E-state index contributed by atoms with van der Waals surface area (Å²) >= 11 is 0. The Morgan fingerprint density at radius 3 is 2.54 bits per heavy atom. The van der Waals surface area contributed by atoms with Gasteiger partial charge in [0.15, 0.2) is 0 Å². The summed E-state index contributed by atoms with van der Waals surface area (Å²) in [4.78, 5) is 12.6. The second-order valence-electron chi connectivity index (χ2n) is 7.11. The number of allylic oxidation sites excluding steroid dienone is 3. The second-order valence-corrected chi connectivity index (χ2v) is 7.11. The number of carbonyl (C=O) groups excluding carboxylic acids is 1. The van der Waals surface area contributed by atoms with E-state index in [0.29, 0.717) is 36.0 Å². The summed E-state index contributed by atoms with van der Waals surface area (Å²) in [6.07, 6.45) is 11.8. The molecular formula is C24H34O4. The van der Waals surface area contributed by atoms with Crippen LogP contribution in [0.1, 0.15) is 62.4 Å². The minimum absolute atomic E-state index is 0.294. The van der Waals surface area contributed by atoms with E-state index in [4.69, 9.17) is 14.2 Å². The lowest BCUT2D eigenvalue weighted by Gasteiger charge is -2.14. The van der Waals surface area contributed by atoms with E-state index in [1.807, 2.05) is 12.1 Å². The highest BCUT2D eigenvalue weighted by Gasteiger charge is 2.19. The molecule has 1 aromatic carbocycles. The molecule has 0 saturated carbocycles. The lowest BCUT2D eigenvalue weighted by atomic mass is 9.99. The largest absolute Gasteiger partial charge is 0.497 e. The van der Waals surface area contributed by atoms with Crippen LogP contribution in [0.2, 0.25) is 0 Å². The van der Waals surface area contributed by atoms with Crippen LogP contribution >= 0.6 is 0 Å². The lowest BCUT2D eigenvalue weighted by molar-refractivity contribution is 0.0508. The first-order valence-corrected chi connectivity index (χ1v) is 9.76. The third-order valence-electron chi connectivity index (χ3n) is 4.37. The molecule has 0 unspecified atom stereocenters. The second kappa shape index (κ2) is 12.8. The van der Waals surface area contributed by atoms with Gasteiger partial charge in [-0.2, -0.15) is 0 Å². The van der Waals surface area contributed by atoms with E-state index in [2.05, 4.69) is 39.5 Å². The van der Waals surface area contributed by atoms with Crippen molar-refractivity contribution < 1.29 is 19.0 Å². The maximum atomic E-state index is 12.6. The highest BCUT2D eigenvalue weighted by Crippen LogP contribution is 2.31. The number of benzene rings is 1. The van der Waals surface area contributed by atoms with E-state index in [0.717, 1.165) is 24.8 Å². The van der Waals surface area contributed by atoms with Crippen LogP contribution in [0.3, 0.4) is 0 Å². The number of rotatable bonds is 12. The number of methoxy groups -OCH3 is 2. The van der Waals surface area contributed by atoms with Crippen molar-refractivity contribution in [3.05, 3.63) is 53.6 Å². The zero-order valence-corrected chi connectivity index (χ0v) is 17.9. The van der Waals surface area contributed by atoms with Crippen molar-refractivity contribution >= 4 is 12.0 Å². The number of esters is 1. The Kier molecular flexibility index (Phi) is 10.8. The van der Waals surface area contributed by atoms with Gasteiger partial charge in [0.2, 0.25) is 0 Å². The summed E-state index contributed by atoms with van der Waals surface area (Å²) in [5, 5.41) is 0. The van der Waals surface area contributed by atoms with E-state index in [1.54, 1.807) is 19.3 Å². The Morgan fingerprint density at radius 2 is 1.93 bits per heavy atom. The SMILES string of the molecule is C=CCCOC(=O)c1c(/C=C/C[C@H](C)CCC=C(C)C)cc(OC)cc1OC. The van der Waals surface area contributed by atoms with Crippen molar-refractivity contribution in [2.24, 2.45) is 5.92 Å². The van der Waals surface area contributed by atoms with Crippen molar-refractivity contribution in [1.29, 1.82) is 0 Å². The monoisotopic (exact) mass is 386 g/mol. The van der Waals surface area contributed by atoms with E-state index >= 15 is 0 Å². The molecule has 4 nitrogen and oxygen atoms in total. The summed E-state index contributed by atoms with van der Waals surface area (Å²) in [5.74, 6) is 1.23. The Morgan fingerprint density at radius 1 is 1.18 bits per heavy atom. The summed E-state index contributed by atoms with van der Waals surface area (Å²) in [5.41, 5.74) is 2.50. The standard InChI is InChI=1S/C24H34O4/c1-7-8-15-28-24(25)23-20(16-21(26-5)17-22(23)27-6)14-10-13-19(4)12-9-11-18(2)3/h7,10-11,14,16-17,19H,1,8-9,12-13,15H2,2-6H3/b14-10+/t19-/m1/s1. The Balaban J connectivity index is 2.99. The maximum Gasteiger partial charge on any atom is 0.342 e. The number of hydrogen-bond acceptors (Lipinski definition) is 4. The first-order valence-electron chi connectivity index (χ1n) is 9.76. The average Bonchev–Trinajstić information content (AvgIpc) is 2.66. The summed E-state index contributed by atoms with van der Waals surface area (Å²) < 4.78 is 16.1. The molecule has 0 saturated heterocycles. The van der Waals surface area contributed by atoms with Gasteiger partial charge in [0.05, 0.1) is 20.8 Å². The predicted octanol–water partition coefficient (Wildman–Crippen LogP) is 6.22. The van der Waals surface area contributed by atoms with Crippen molar-refractivity contribution in [3.8, 4) is 11.5 Å². The van der Waals surface area contributed by atoms with Gasteiger partial charge in [0, 0.05) is 6.07 Å². The quantitative estimate of drug-likeness (QED) is 0.243. The fourth-order valence-electron chi connectivity index (χ4n) is 2.75. The molecular weight excluding hydrogens is 352 g/mol. The number of hydrogen-bond donors (Lipinski definition) is 0. The molecule has 0 bridgehead atoms. The van der Waals surface area contributed by atoms with E-state index in [1.165, 1.54) is 12.7 Å². The van der Waals surface area contributed by atoms with Crippen LogP contribution in [-0.4, -0.2) is 26.8 Å². The van der Waals surface area contributed by atoms with Gasteiger partial charge in [-0.1, -0.05) is 36.8 Å². The Bertz CT molecular complexity index is 697. The van der Waals surface area contributed by atoms with E-state index < -0.39 is 5.97 Å². The molecule has 0 aliphatic rings. The number of ether oxygens (including phenoxy) is 3. The molecule has 1 atom stereocenters. The maximum absolute atomic E-state index is 12.6. The molecule has 28 heavy (non-hydrogen) atoms. The molecule has 0 amide bonds. The van der Waals surface area contributed by atoms with Crippen LogP contribution in [-0.2, 0) is 4.74 Å². The van der Waals surface area contributed by atoms with Crippen LogP contribution < -0.4 is 9.47 Å². The molecule has 0 heterocycles. The fraction of sp³-hybridized carbons (Fsp3) is 0.458. The number of carbonyl (C=O) groups is 1. The Labute approximate surface area is 169 Å². The van der Waals surface area contributed by atoms with Gasteiger partial charge in [-0.05, 0) is 57.1 Å². The zero-order valence-electron chi connectivity index (χ0n) is 17.9. The third-order valence-corrected chi connectivity index (χ3v) is 4.37. The molecule has 1 rings (SSSR count). The van der Waals surface area contributed by atoms with Crippen molar-refractivity contribution in [2.75, 3.05) is 20.8 Å². The average molecular weight is 387 g/mol. The molecule has 1 aromatic rings. The summed E-state index contributed by atoms with van der Waals surface area (Å²) in [6.45, 7) is 10.4. The first kappa shape index (κ1) is 23.5. The van der Waals surface area contributed by atoms with Crippen LogP contribution in [0.4, 0.5) is 0 Å². The normalized spacial score (nSPS) is 11.8. The topological polar surface area (TPSA) is 44.8 Å². The van der Waals surface area contributed by atoms with Gasteiger partial charge in [-0.15, -0.1) is 6.58 Å². The molecule has 0 N–H and O–H groups in total. The van der Waals surface area contributed by atoms with Gasteiger partial charge in [-0.25, -0.2) is 4.79 Å². The molecule has 4 heteroatoms. The van der Waals surface area contributed by atoms with Crippen molar-refractivity contribution in [2.45, 2.75) is 46.5 Å². The fourth-order valence-corrected chi connectivity index (χ4v) is 2.75. The smallest absolute Gasteiger partial charge is 0.342 e. The van der Waals surface area contributed by atoms with Gasteiger partial charge in [0.1, 0.15) is 17.1 Å². The van der Waals surface area contributed by atoms with E-state index in [-0.39, 0.29) is 0 Å². The highest BCUT2D eigenvalue weighted by molar-refractivity contribution is 5.97. The van der Waals surface area contributed by atoms with Crippen LogP contribution in [0, 0.1) is 5.92 Å².